The maximum Gasteiger partial charge on any atom is 0.164 e. The third kappa shape index (κ3) is 4.96. The van der Waals surface area contributed by atoms with Gasteiger partial charge < -0.3 is 4.57 Å². The van der Waals surface area contributed by atoms with Gasteiger partial charge in [0.25, 0.3) is 0 Å². The Morgan fingerprint density at radius 1 is 0.314 bits per heavy atom. The molecule has 0 bridgehead atoms. The molecule has 0 saturated heterocycles. The highest BCUT2D eigenvalue weighted by Gasteiger charge is 2.18. The van der Waals surface area contributed by atoms with Crippen molar-refractivity contribution in [2.24, 2.45) is 0 Å². The normalized spacial score (nSPS) is 11.5. The number of nitrogens with zero attached hydrogens (tertiary/aromatic N) is 4. The van der Waals surface area contributed by atoms with Crippen LogP contribution in [0, 0.1) is 0 Å². The molecule has 0 unspecified atom stereocenters. The fraction of sp³-hybridized carbons (Fsp3) is 0. The lowest BCUT2D eigenvalue weighted by Crippen LogP contribution is -2.01. The van der Waals surface area contributed by atoms with Crippen LogP contribution in [0.4, 0.5) is 0 Å². The van der Waals surface area contributed by atoms with Gasteiger partial charge in [-0.1, -0.05) is 152 Å². The zero-order chi connectivity index (χ0) is 33.7. The van der Waals surface area contributed by atoms with Gasteiger partial charge in [-0.25, -0.2) is 15.0 Å². The van der Waals surface area contributed by atoms with Crippen LogP contribution in [-0.2, 0) is 0 Å². The molecule has 4 heteroatoms. The molecule has 0 aliphatic heterocycles. The lowest BCUT2D eigenvalue weighted by molar-refractivity contribution is 1.08. The minimum atomic E-state index is 0.642. The molecular weight excluding hydrogens is 621 g/mol. The molecular formula is C47H30N4. The van der Waals surface area contributed by atoms with Crippen LogP contribution in [0.1, 0.15) is 0 Å². The summed E-state index contributed by atoms with van der Waals surface area (Å²) < 4.78 is 2.38. The van der Waals surface area contributed by atoms with Crippen LogP contribution in [0.5, 0.6) is 0 Å². The second kappa shape index (κ2) is 11.9. The number of hydrogen-bond donors (Lipinski definition) is 0. The molecule has 0 spiro atoms. The van der Waals surface area contributed by atoms with Gasteiger partial charge in [0.15, 0.2) is 17.5 Å². The summed E-state index contributed by atoms with van der Waals surface area (Å²) in [6, 6.07) is 63.9. The van der Waals surface area contributed by atoms with Gasteiger partial charge in [-0.15, -0.1) is 0 Å². The zero-order valence-corrected chi connectivity index (χ0v) is 27.6. The van der Waals surface area contributed by atoms with Gasteiger partial charge in [-0.05, 0) is 57.6 Å². The smallest absolute Gasteiger partial charge is 0.164 e. The van der Waals surface area contributed by atoms with Gasteiger partial charge in [-0.3, -0.25) is 0 Å². The second-order valence-corrected chi connectivity index (χ2v) is 12.9. The Hall–Kier alpha value is -6.91. The van der Waals surface area contributed by atoms with Gasteiger partial charge in [0.1, 0.15) is 0 Å². The molecule has 2 aromatic heterocycles. The molecule has 0 atom stereocenters. The zero-order valence-electron chi connectivity index (χ0n) is 27.6. The summed E-state index contributed by atoms with van der Waals surface area (Å²) in [6.45, 7) is 0. The molecule has 0 saturated carbocycles. The summed E-state index contributed by atoms with van der Waals surface area (Å²) >= 11 is 0. The fourth-order valence-electron chi connectivity index (χ4n) is 7.40. The van der Waals surface area contributed by atoms with Crippen molar-refractivity contribution in [3.63, 3.8) is 0 Å². The summed E-state index contributed by atoms with van der Waals surface area (Å²) in [5.74, 6) is 1.93. The van der Waals surface area contributed by atoms with Gasteiger partial charge >= 0.3 is 0 Å². The van der Waals surface area contributed by atoms with Crippen LogP contribution in [0.15, 0.2) is 182 Å². The molecule has 0 fully saturated rings. The van der Waals surface area contributed by atoms with Crippen LogP contribution >= 0.6 is 0 Å². The van der Waals surface area contributed by atoms with E-state index in [4.69, 9.17) is 15.0 Å². The average Bonchev–Trinajstić information content (AvgIpc) is 3.54. The largest absolute Gasteiger partial charge is 0.309 e. The van der Waals surface area contributed by atoms with Crippen LogP contribution in [-0.4, -0.2) is 19.5 Å². The number of rotatable bonds is 5. The summed E-state index contributed by atoms with van der Waals surface area (Å²) in [4.78, 5) is 15.4. The molecule has 0 amide bonds. The van der Waals surface area contributed by atoms with Crippen LogP contribution in [0.2, 0.25) is 0 Å². The highest BCUT2D eigenvalue weighted by molar-refractivity contribution is 6.11. The third-order valence-corrected chi connectivity index (χ3v) is 9.83. The Balaban J connectivity index is 1.15. The van der Waals surface area contributed by atoms with Crippen molar-refractivity contribution < 1.29 is 0 Å². The van der Waals surface area contributed by atoms with Crippen LogP contribution in [0.25, 0.3) is 94.3 Å². The quantitative estimate of drug-likeness (QED) is 0.186. The Bertz CT molecular complexity index is 2860. The van der Waals surface area contributed by atoms with Gasteiger partial charge in [-0.2, -0.15) is 0 Å². The first-order chi connectivity index (χ1) is 25.3. The molecule has 51 heavy (non-hydrogen) atoms. The number of para-hydroxylation sites is 2. The maximum absolute atomic E-state index is 5.18. The number of aromatic nitrogens is 4. The van der Waals surface area contributed by atoms with Crippen LogP contribution < -0.4 is 0 Å². The minimum Gasteiger partial charge on any atom is -0.309 e. The first-order valence-corrected chi connectivity index (χ1v) is 17.2. The molecule has 0 radical (unpaired) electrons. The van der Waals surface area contributed by atoms with Gasteiger partial charge in [0.2, 0.25) is 0 Å². The van der Waals surface area contributed by atoms with E-state index in [2.05, 4.69) is 162 Å². The first kappa shape index (κ1) is 29.0. The van der Waals surface area contributed by atoms with E-state index in [-0.39, 0.29) is 0 Å². The van der Waals surface area contributed by atoms with Crippen molar-refractivity contribution >= 4 is 43.4 Å². The molecule has 8 aromatic carbocycles. The Morgan fingerprint density at radius 3 is 1.53 bits per heavy atom. The van der Waals surface area contributed by atoms with Crippen molar-refractivity contribution in [2.75, 3.05) is 0 Å². The van der Waals surface area contributed by atoms with E-state index in [1.807, 2.05) is 24.3 Å². The topological polar surface area (TPSA) is 43.6 Å². The molecule has 0 aliphatic rings. The standard InChI is InChI=1S/C47H30N4/c1-3-13-31(14-4-1)33-25-26-35-30-36(28-27-34(35)29-33)46-48-45(32-15-5-2-6-16-32)49-47(50-46)41-21-11-20-38-37(41)19-12-24-44(38)51-42-22-9-7-17-39(42)40-18-8-10-23-43(40)51/h1-30H. The summed E-state index contributed by atoms with van der Waals surface area (Å²) in [6.07, 6.45) is 0. The lowest BCUT2D eigenvalue weighted by atomic mass is 9.99. The second-order valence-electron chi connectivity index (χ2n) is 12.9. The van der Waals surface area contributed by atoms with Gasteiger partial charge in [0, 0.05) is 32.8 Å². The number of fused-ring (bicyclic) bond motifs is 5. The minimum absolute atomic E-state index is 0.642. The van der Waals surface area contributed by atoms with E-state index in [1.165, 1.54) is 38.3 Å². The van der Waals surface area contributed by atoms with Gasteiger partial charge in [0.05, 0.1) is 16.7 Å². The molecule has 2 heterocycles. The van der Waals surface area contributed by atoms with Crippen molar-refractivity contribution in [2.45, 2.75) is 0 Å². The number of benzene rings is 8. The highest BCUT2D eigenvalue weighted by atomic mass is 15.0. The monoisotopic (exact) mass is 650 g/mol. The van der Waals surface area contributed by atoms with Crippen LogP contribution in [0.3, 0.4) is 0 Å². The van der Waals surface area contributed by atoms with E-state index in [0.29, 0.717) is 17.5 Å². The predicted octanol–water partition coefficient (Wildman–Crippen LogP) is 11.9. The third-order valence-electron chi connectivity index (χ3n) is 9.83. The summed E-state index contributed by atoms with van der Waals surface area (Å²) in [5, 5.41) is 7.00. The number of hydrogen-bond acceptors (Lipinski definition) is 3. The van der Waals surface area contributed by atoms with E-state index in [9.17, 15) is 0 Å². The Morgan fingerprint density at radius 2 is 0.824 bits per heavy atom. The SMILES string of the molecule is c1ccc(-c2ccc3cc(-c4nc(-c5ccccc5)nc(-c5cccc6c(-n7c8ccccc8c8ccccc87)cccc56)n4)ccc3c2)cc1. The molecule has 0 N–H and O–H groups in total. The van der Waals surface area contributed by atoms with Crippen molar-refractivity contribution in [3.05, 3.63) is 182 Å². The fourth-order valence-corrected chi connectivity index (χ4v) is 7.40. The first-order valence-electron chi connectivity index (χ1n) is 17.2. The van der Waals surface area contributed by atoms with E-state index >= 15 is 0 Å². The summed E-state index contributed by atoms with van der Waals surface area (Å²) in [7, 11) is 0. The van der Waals surface area contributed by atoms with Crippen molar-refractivity contribution in [3.8, 4) is 51.0 Å². The average molecular weight is 651 g/mol. The Kier molecular flexibility index (Phi) is 6.78. The molecule has 10 aromatic rings. The molecule has 0 aliphatic carbocycles. The maximum atomic E-state index is 5.18. The molecule has 4 nitrogen and oxygen atoms in total. The lowest BCUT2D eigenvalue weighted by Gasteiger charge is -2.14. The molecule has 10 rings (SSSR count). The van der Waals surface area contributed by atoms with E-state index < -0.39 is 0 Å². The van der Waals surface area contributed by atoms with Crippen molar-refractivity contribution in [1.82, 2.24) is 19.5 Å². The molecule has 238 valence electrons. The predicted molar refractivity (Wildman–Crippen MR) is 211 cm³/mol. The van der Waals surface area contributed by atoms with E-state index in [1.54, 1.807) is 0 Å². The van der Waals surface area contributed by atoms with E-state index in [0.717, 1.165) is 38.5 Å². The van der Waals surface area contributed by atoms with Crippen molar-refractivity contribution in [1.29, 1.82) is 0 Å². The highest BCUT2D eigenvalue weighted by Crippen LogP contribution is 2.37. The Labute approximate surface area is 295 Å². The summed E-state index contributed by atoms with van der Waals surface area (Å²) in [5.41, 5.74) is 8.73.